The molecule has 0 aromatic heterocycles. The Balaban J connectivity index is 1.96. The van der Waals surface area contributed by atoms with Crippen LogP contribution in [0.4, 0.5) is 0 Å². The van der Waals surface area contributed by atoms with Crippen LogP contribution in [0.25, 0.3) is 0 Å². The van der Waals surface area contributed by atoms with Gasteiger partial charge >= 0.3 is 0 Å². The summed E-state index contributed by atoms with van der Waals surface area (Å²) in [7, 11) is 0. The van der Waals surface area contributed by atoms with Crippen molar-refractivity contribution >= 4 is 5.84 Å². The lowest BCUT2D eigenvalue weighted by molar-refractivity contribution is 0.133. The second-order valence-corrected chi connectivity index (χ2v) is 2.93. The fourth-order valence-corrected chi connectivity index (χ4v) is 1.30. The monoisotopic (exact) mass is 212 g/mol. The van der Waals surface area contributed by atoms with Crippen molar-refractivity contribution < 1.29 is 20.4 Å². The number of rotatable bonds is 1. The van der Waals surface area contributed by atoms with Gasteiger partial charge in [0.1, 0.15) is 12.4 Å². The SMILES string of the molecule is [2H]c1c([2H])c([2H])c2c(c1[2H])OC[C@@H](C1=NC([2H])([2H])C([2H])([2H])N1)O2. The van der Waals surface area contributed by atoms with Gasteiger partial charge in [-0.25, -0.2) is 0 Å². The number of amidine groups is 1. The standard InChI is InChI=1S/C11H12N2O2/c1-2-4-9-8(3-1)14-7-10(15-9)11-12-5-6-13-11/h1-4,10H,5-7H2,(H,12,13)/t10-/m0/s1/i1D,2D,3D,4D,5D2,6D2. The van der Waals surface area contributed by atoms with Crippen LogP contribution in [0.3, 0.4) is 0 Å². The van der Waals surface area contributed by atoms with Gasteiger partial charge < -0.3 is 14.8 Å². The number of nitrogens with zero attached hydrogens (tertiary/aromatic N) is 1. The van der Waals surface area contributed by atoms with E-state index in [1.54, 1.807) is 0 Å². The van der Waals surface area contributed by atoms with Gasteiger partial charge in [-0.2, -0.15) is 0 Å². The van der Waals surface area contributed by atoms with Crippen molar-refractivity contribution in [1.29, 1.82) is 0 Å². The van der Waals surface area contributed by atoms with Crippen LogP contribution < -0.4 is 14.8 Å². The first-order chi connectivity index (χ1) is 10.5. The lowest BCUT2D eigenvalue weighted by Crippen LogP contribution is -2.42. The zero-order valence-corrected chi connectivity index (χ0v) is 7.55. The van der Waals surface area contributed by atoms with Crippen molar-refractivity contribution in [3.8, 4) is 11.5 Å². The molecule has 1 atom stereocenters. The quantitative estimate of drug-likeness (QED) is 0.749. The Bertz CT molecular complexity index is 721. The first-order valence-electron chi connectivity index (χ1n) is 8.33. The van der Waals surface area contributed by atoms with Gasteiger partial charge in [-0.3, -0.25) is 4.99 Å². The second kappa shape index (κ2) is 3.46. The minimum absolute atomic E-state index is 0.113. The highest BCUT2D eigenvalue weighted by Crippen LogP contribution is 2.31. The minimum Gasteiger partial charge on any atom is -0.485 e. The number of benzene rings is 1. The fraction of sp³-hybridized carbons (Fsp3) is 0.364. The largest absolute Gasteiger partial charge is 0.485 e. The third-order valence-corrected chi connectivity index (χ3v) is 1.99. The van der Waals surface area contributed by atoms with Gasteiger partial charge in [0, 0.05) is 6.50 Å². The fourth-order valence-electron chi connectivity index (χ4n) is 1.30. The third kappa shape index (κ3) is 1.52. The summed E-state index contributed by atoms with van der Waals surface area (Å²) in [6.45, 7) is -5.09. The van der Waals surface area contributed by atoms with Gasteiger partial charge in [0.05, 0.1) is 17.5 Å². The predicted molar refractivity (Wildman–Crippen MR) is 56.7 cm³/mol. The summed E-state index contributed by atoms with van der Waals surface area (Å²) in [5.74, 6) is -0.445. The average molecular weight is 212 g/mol. The molecule has 3 rings (SSSR count). The molecule has 0 fully saturated rings. The van der Waals surface area contributed by atoms with Crippen molar-refractivity contribution in [2.75, 3.05) is 19.6 Å². The van der Waals surface area contributed by atoms with E-state index in [2.05, 4.69) is 10.3 Å². The number of para-hydroxylation sites is 2. The van der Waals surface area contributed by atoms with Crippen LogP contribution in [0.15, 0.2) is 29.2 Å². The molecule has 4 heteroatoms. The van der Waals surface area contributed by atoms with E-state index in [4.69, 9.17) is 20.4 Å². The molecule has 0 radical (unpaired) electrons. The topological polar surface area (TPSA) is 42.8 Å². The van der Waals surface area contributed by atoms with E-state index in [9.17, 15) is 0 Å². The maximum Gasteiger partial charge on any atom is 0.189 e. The molecule has 0 bridgehead atoms. The normalized spacial score (nSPS) is 37.6. The molecule has 2 heterocycles. The van der Waals surface area contributed by atoms with Crippen LogP contribution in [0, 0.1) is 0 Å². The third-order valence-electron chi connectivity index (χ3n) is 1.99. The maximum atomic E-state index is 7.82. The molecular weight excluding hydrogens is 192 g/mol. The summed E-state index contributed by atoms with van der Waals surface area (Å²) >= 11 is 0. The van der Waals surface area contributed by atoms with Crippen molar-refractivity contribution in [1.82, 2.24) is 5.32 Å². The molecule has 0 amide bonds. The van der Waals surface area contributed by atoms with E-state index < -0.39 is 37.2 Å². The highest BCUT2D eigenvalue weighted by Gasteiger charge is 2.26. The maximum absolute atomic E-state index is 7.82. The molecule has 0 unspecified atom stereocenters. The Morgan fingerprint density at radius 1 is 1.47 bits per heavy atom. The minimum atomic E-state index is -2.48. The Hall–Kier alpha value is -1.71. The molecule has 2 aliphatic rings. The van der Waals surface area contributed by atoms with Crippen LogP contribution in [0.1, 0.15) is 11.0 Å². The number of hydrogen-bond acceptors (Lipinski definition) is 4. The van der Waals surface area contributed by atoms with Crippen molar-refractivity contribution in [2.24, 2.45) is 4.99 Å². The van der Waals surface area contributed by atoms with E-state index >= 15 is 0 Å². The highest BCUT2D eigenvalue weighted by molar-refractivity contribution is 5.88. The Kier molecular flexibility index (Phi) is 0.853. The zero-order chi connectivity index (χ0) is 17.2. The molecule has 78 valence electrons. The van der Waals surface area contributed by atoms with Crippen LogP contribution in [0.5, 0.6) is 11.5 Å². The van der Waals surface area contributed by atoms with Gasteiger partial charge in [0.15, 0.2) is 17.6 Å². The van der Waals surface area contributed by atoms with E-state index in [1.807, 2.05) is 0 Å². The van der Waals surface area contributed by atoms with Crippen LogP contribution in [-0.2, 0) is 0 Å². The van der Waals surface area contributed by atoms with Crippen molar-refractivity contribution in [3.05, 3.63) is 24.2 Å². The van der Waals surface area contributed by atoms with Gasteiger partial charge in [0.2, 0.25) is 0 Å². The van der Waals surface area contributed by atoms with E-state index in [0.29, 0.717) is 0 Å². The molecule has 15 heavy (non-hydrogen) atoms. The predicted octanol–water partition coefficient (Wildman–Crippen LogP) is 0.828. The van der Waals surface area contributed by atoms with Crippen LogP contribution in [-0.4, -0.2) is 31.5 Å². The molecule has 4 nitrogen and oxygen atoms in total. The lowest BCUT2D eigenvalue weighted by Gasteiger charge is -2.26. The van der Waals surface area contributed by atoms with Gasteiger partial charge in [-0.1, -0.05) is 12.1 Å². The summed E-state index contributed by atoms with van der Waals surface area (Å²) in [5, 5.41) is 2.29. The Morgan fingerprint density at radius 3 is 3.13 bits per heavy atom. The zero-order valence-electron chi connectivity index (χ0n) is 15.5. The molecule has 1 N–H and O–H groups in total. The van der Waals surface area contributed by atoms with Gasteiger partial charge in [-0.05, 0) is 12.1 Å². The molecule has 1 aromatic carbocycles. The molecule has 0 saturated heterocycles. The van der Waals surface area contributed by atoms with Crippen molar-refractivity contribution in [2.45, 2.75) is 6.10 Å². The number of ether oxygens (including phenoxy) is 2. The summed E-state index contributed by atoms with van der Waals surface area (Å²) in [4.78, 5) is 3.63. The molecule has 0 aliphatic carbocycles. The van der Waals surface area contributed by atoms with E-state index in [1.165, 1.54) is 0 Å². The Labute approximate surface area is 99.2 Å². The first-order valence-corrected chi connectivity index (χ1v) is 4.33. The van der Waals surface area contributed by atoms with Crippen LogP contribution >= 0.6 is 0 Å². The van der Waals surface area contributed by atoms with Gasteiger partial charge in [-0.15, -0.1) is 0 Å². The van der Waals surface area contributed by atoms with E-state index in [-0.39, 0.29) is 30.0 Å². The summed E-state index contributed by atoms with van der Waals surface area (Å²) in [6, 6.07) is -1.72. The summed E-state index contributed by atoms with van der Waals surface area (Å²) < 4.78 is 71.8. The molecular formula is C11H12N2O2. The molecule has 1 aromatic rings. The Morgan fingerprint density at radius 2 is 2.33 bits per heavy atom. The number of nitrogens with one attached hydrogen (secondary N) is 1. The summed E-state index contributed by atoms with van der Waals surface area (Å²) in [6.07, 6.45) is -1.00. The first kappa shape index (κ1) is 3.70. The molecule has 2 aliphatic heterocycles. The molecule has 0 spiro atoms. The summed E-state index contributed by atoms with van der Waals surface area (Å²) in [5.41, 5.74) is 0. The average Bonchev–Trinajstić information content (AvgIpc) is 2.70. The smallest absolute Gasteiger partial charge is 0.189 e. The van der Waals surface area contributed by atoms with E-state index in [0.717, 1.165) is 0 Å². The van der Waals surface area contributed by atoms with Gasteiger partial charge in [0.25, 0.3) is 0 Å². The number of hydrogen-bond donors (Lipinski definition) is 1. The number of fused-ring (bicyclic) bond motifs is 1. The van der Waals surface area contributed by atoms with Crippen LogP contribution in [0.2, 0.25) is 0 Å². The number of aliphatic imine (C=N–C) groups is 1. The second-order valence-electron chi connectivity index (χ2n) is 2.93. The lowest BCUT2D eigenvalue weighted by atomic mass is 10.2. The highest BCUT2D eigenvalue weighted by atomic mass is 16.6. The molecule has 0 saturated carbocycles. The van der Waals surface area contributed by atoms with Crippen molar-refractivity contribution in [3.63, 3.8) is 0 Å².